The molecule has 0 aliphatic carbocycles. The topological polar surface area (TPSA) is 45.2 Å². The molecule has 0 saturated carbocycles. The van der Waals surface area contributed by atoms with Gasteiger partial charge in [-0.3, -0.25) is 4.79 Å². The number of thiazole rings is 1. The molecule has 0 spiro atoms. The predicted octanol–water partition coefficient (Wildman–Crippen LogP) is 2.42. The van der Waals surface area contributed by atoms with Crippen LogP contribution in [0.1, 0.15) is 47.8 Å². The van der Waals surface area contributed by atoms with E-state index in [9.17, 15) is 4.79 Å². The molecule has 1 N–H and O–H groups in total. The Morgan fingerprint density at radius 2 is 2.11 bits per heavy atom. The molecule has 19 heavy (non-hydrogen) atoms. The van der Waals surface area contributed by atoms with Gasteiger partial charge in [0.25, 0.3) is 0 Å². The summed E-state index contributed by atoms with van der Waals surface area (Å²) in [5.74, 6) is 0.281. The summed E-state index contributed by atoms with van der Waals surface area (Å²) in [4.78, 5) is 19.7. The van der Waals surface area contributed by atoms with E-state index >= 15 is 0 Å². The van der Waals surface area contributed by atoms with Gasteiger partial charge in [-0.15, -0.1) is 11.3 Å². The highest BCUT2D eigenvalue weighted by molar-refractivity contribution is 7.11. The van der Waals surface area contributed by atoms with Crippen molar-refractivity contribution in [1.82, 2.24) is 15.2 Å². The lowest BCUT2D eigenvalue weighted by atomic mass is 10.2. The average molecular weight is 281 g/mol. The lowest BCUT2D eigenvalue weighted by molar-refractivity contribution is -0.130. The maximum Gasteiger partial charge on any atom is 0.223 e. The van der Waals surface area contributed by atoms with E-state index in [0.717, 1.165) is 43.2 Å². The summed E-state index contributed by atoms with van der Waals surface area (Å²) >= 11 is 1.73. The molecule has 1 saturated heterocycles. The third-order valence-electron chi connectivity index (χ3n) is 3.60. The summed E-state index contributed by atoms with van der Waals surface area (Å²) in [5.41, 5.74) is 1.12. The van der Waals surface area contributed by atoms with Crippen LogP contribution in [0.3, 0.4) is 0 Å². The highest BCUT2D eigenvalue weighted by Gasteiger charge is 2.18. The minimum Gasteiger partial charge on any atom is -0.343 e. The fraction of sp³-hybridized carbons (Fsp3) is 0.714. The molecule has 106 valence electrons. The molecule has 2 rings (SSSR count). The minimum atomic E-state index is 0.219. The van der Waals surface area contributed by atoms with E-state index in [1.165, 1.54) is 4.88 Å². The van der Waals surface area contributed by atoms with Gasteiger partial charge in [0.05, 0.1) is 10.7 Å². The quantitative estimate of drug-likeness (QED) is 0.901. The fourth-order valence-electron chi connectivity index (χ4n) is 2.56. The summed E-state index contributed by atoms with van der Waals surface area (Å²) in [7, 11) is 0. The largest absolute Gasteiger partial charge is 0.343 e. The number of carbonyl (C=O) groups is 1. The van der Waals surface area contributed by atoms with E-state index in [-0.39, 0.29) is 11.9 Å². The van der Waals surface area contributed by atoms with Crippen molar-refractivity contribution < 1.29 is 4.79 Å². The molecular formula is C14H23N3OS. The van der Waals surface area contributed by atoms with Crippen molar-refractivity contribution in [3.05, 3.63) is 15.6 Å². The highest BCUT2D eigenvalue weighted by atomic mass is 32.1. The molecule has 0 radical (unpaired) electrons. The molecule has 2 heterocycles. The number of amides is 1. The maximum atomic E-state index is 11.9. The Hall–Kier alpha value is -0.940. The first-order valence-electron chi connectivity index (χ1n) is 7.03. The number of nitrogens with one attached hydrogen (secondary N) is 1. The van der Waals surface area contributed by atoms with Crippen LogP contribution >= 0.6 is 11.3 Å². The van der Waals surface area contributed by atoms with Crippen LogP contribution < -0.4 is 5.32 Å². The molecule has 1 atom stereocenters. The lowest BCUT2D eigenvalue weighted by Gasteiger charge is -2.17. The normalized spacial score (nSPS) is 16.9. The zero-order valence-electron chi connectivity index (χ0n) is 12.0. The van der Waals surface area contributed by atoms with Crippen LogP contribution in [0.5, 0.6) is 0 Å². The second-order valence-corrected chi connectivity index (χ2v) is 6.60. The molecular weight excluding hydrogens is 258 g/mol. The number of nitrogens with zero attached hydrogens (tertiary/aromatic N) is 2. The van der Waals surface area contributed by atoms with E-state index < -0.39 is 0 Å². The van der Waals surface area contributed by atoms with Gasteiger partial charge in [-0.05, 0) is 33.6 Å². The number of carbonyl (C=O) groups excluding carboxylic acids is 1. The monoisotopic (exact) mass is 281 g/mol. The number of hydrogen-bond donors (Lipinski definition) is 1. The Bertz CT molecular complexity index is 438. The van der Waals surface area contributed by atoms with Crippen molar-refractivity contribution in [2.75, 3.05) is 19.6 Å². The molecule has 5 heteroatoms. The fourth-order valence-corrected chi connectivity index (χ4v) is 3.48. The van der Waals surface area contributed by atoms with Crippen LogP contribution in [0.4, 0.5) is 0 Å². The SMILES string of the molecule is Cc1nc(C(C)NCCC(=O)N2CCCC2)c(C)s1. The number of aryl methyl sites for hydroxylation is 2. The van der Waals surface area contributed by atoms with Crippen LogP contribution in [0.2, 0.25) is 0 Å². The van der Waals surface area contributed by atoms with Crippen LogP contribution in [0.15, 0.2) is 0 Å². The van der Waals surface area contributed by atoms with Crippen molar-refractivity contribution in [3.63, 3.8) is 0 Å². The Kier molecular flexibility index (Phi) is 4.93. The molecule has 1 aliphatic heterocycles. The second-order valence-electron chi connectivity index (χ2n) is 5.19. The zero-order chi connectivity index (χ0) is 13.8. The Morgan fingerprint density at radius 1 is 1.42 bits per heavy atom. The molecule has 1 amide bonds. The maximum absolute atomic E-state index is 11.9. The second kappa shape index (κ2) is 6.48. The number of likely N-dealkylation sites (tertiary alicyclic amines) is 1. The van der Waals surface area contributed by atoms with Gasteiger partial charge in [0.2, 0.25) is 5.91 Å². The van der Waals surface area contributed by atoms with E-state index in [0.29, 0.717) is 6.42 Å². The molecule has 1 unspecified atom stereocenters. The van der Waals surface area contributed by atoms with Gasteiger partial charge < -0.3 is 10.2 Å². The third kappa shape index (κ3) is 3.76. The first kappa shape index (κ1) is 14.5. The predicted molar refractivity (Wildman–Crippen MR) is 78.4 cm³/mol. The van der Waals surface area contributed by atoms with E-state index in [1.54, 1.807) is 11.3 Å². The Balaban J connectivity index is 1.76. The van der Waals surface area contributed by atoms with Crippen LogP contribution in [0, 0.1) is 13.8 Å². The van der Waals surface area contributed by atoms with Gasteiger partial charge in [-0.1, -0.05) is 0 Å². The summed E-state index contributed by atoms with van der Waals surface area (Å²) in [6, 6.07) is 0.219. The van der Waals surface area contributed by atoms with E-state index in [2.05, 4.69) is 24.1 Å². The van der Waals surface area contributed by atoms with Crippen molar-refractivity contribution in [3.8, 4) is 0 Å². The molecule has 1 aromatic rings. The van der Waals surface area contributed by atoms with Crippen LogP contribution in [0.25, 0.3) is 0 Å². The van der Waals surface area contributed by atoms with Crippen molar-refractivity contribution in [1.29, 1.82) is 0 Å². The zero-order valence-corrected chi connectivity index (χ0v) is 12.8. The van der Waals surface area contributed by atoms with Gasteiger partial charge in [-0.25, -0.2) is 4.98 Å². The van der Waals surface area contributed by atoms with Crippen molar-refractivity contribution in [2.45, 2.75) is 46.1 Å². The van der Waals surface area contributed by atoms with Gasteiger partial charge in [0, 0.05) is 37.0 Å². The average Bonchev–Trinajstić information content (AvgIpc) is 2.98. The van der Waals surface area contributed by atoms with Crippen molar-refractivity contribution in [2.24, 2.45) is 0 Å². The number of aromatic nitrogens is 1. The van der Waals surface area contributed by atoms with Gasteiger partial charge in [0.1, 0.15) is 0 Å². The Morgan fingerprint density at radius 3 is 2.68 bits per heavy atom. The summed E-state index contributed by atoms with van der Waals surface area (Å²) in [6.07, 6.45) is 2.91. The van der Waals surface area contributed by atoms with Gasteiger partial charge in [-0.2, -0.15) is 0 Å². The third-order valence-corrected chi connectivity index (χ3v) is 4.50. The van der Waals surface area contributed by atoms with Crippen LogP contribution in [-0.4, -0.2) is 35.4 Å². The highest BCUT2D eigenvalue weighted by Crippen LogP contribution is 2.22. The lowest BCUT2D eigenvalue weighted by Crippen LogP contribution is -2.31. The summed E-state index contributed by atoms with van der Waals surface area (Å²) in [5, 5.41) is 4.51. The molecule has 1 aliphatic rings. The summed E-state index contributed by atoms with van der Waals surface area (Å²) < 4.78 is 0. The molecule has 1 fully saturated rings. The van der Waals surface area contributed by atoms with Gasteiger partial charge in [0.15, 0.2) is 0 Å². The smallest absolute Gasteiger partial charge is 0.223 e. The van der Waals surface area contributed by atoms with E-state index in [1.807, 2.05) is 11.8 Å². The van der Waals surface area contributed by atoms with E-state index in [4.69, 9.17) is 0 Å². The standard InChI is InChI=1S/C14H23N3OS/c1-10(14-11(2)19-12(3)16-14)15-7-6-13(18)17-8-4-5-9-17/h10,15H,4-9H2,1-3H3. The molecule has 1 aromatic heterocycles. The van der Waals surface area contributed by atoms with Gasteiger partial charge >= 0.3 is 0 Å². The Labute approximate surface area is 119 Å². The van der Waals surface area contributed by atoms with Crippen molar-refractivity contribution >= 4 is 17.2 Å². The van der Waals surface area contributed by atoms with Crippen LogP contribution in [-0.2, 0) is 4.79 Å². The first-order chi connectivity index (χ1) is 9.08. The molecule has 4 nitrogen and oxygen atoms in total. The first-order valence-corrected chi connectivity index (χ1v) is 7.84. The summed E-state index contributed by atoms with van der Waals surface area (Å²) in [6.45, 7) is 8.87. The molecule has 0 bridgehead atoms. The number of rotatable bonds is 5. The molecule has 0 aromatic carbocycles. The number of hydrogen-bond acceptors (Lipinski definition) is 4. The minimum absolute atomic E-state index is 0.219.